The first kappa shape index (κ1) is 11.5. The molecule has 0 saturated carbocycles. The van der Waals surface area contributed by atoms with E-state index in [4.69, 9.17) is 4.74 Å². The monoisotopic (exact) mass is 262 g/mol. The zero-order valence-electron chi connectivity index (χ0n) is 9.99. The van der Waals surface area contributed by atoms with Crippen molar-refractivity contribution in [3.63, 3.8) is 0 Å². The summed E-state index contributed by atoms with van der Waals surface area (Å²) in [5.41, 5.74) is 2.83. The van der Waals surface area contributed by atoms with Gasteiger partial charge in [-0.1, -0.05) is 0 Å². The van der Waals surface area contributed by atoms with Crippen molar-refractivity contribution in [1.82, 2.24) is 5.43 Å². The van der Waals surface area contributed by atoms with Gasteiger partial charge >= 0.3 is 0 Å². The molecule has 1 aromatic rings. The van der Waals surface area contributed by atoms with Gasteiger partial charge in [0.2, 0.25) is 0 Å². The fourth-order valence-electron chi connectivity index (χ4n) is 2.13. The van der Waals surface area contributed by atoms with E-state index in [1.807, 2.05) is 0 Å². The summed E-state index contributed by atoms with van der Waals surface area (Å²) in [6.45, 7) is 1.92. The third-order valence-electron chi connectivity index (χ3n) is 3.11. The third kappa shape index (κ3) is 1.68. The molecule has 98 valence electrons. The standard InChI is InChI=1S/C11H10N4O4/c1-6-11(16)13-12-10-5-19-9-3-2-7(15(17)18)4-8(9)14(6)10/h2-4,6H,5H2,1H3,(H,13,16). The maximum Gasteiger partial charge on any atom is 0.271 e. The summed E-state index contributed by atoms with van der Waals surface area (Å²) in [5, 5.41) is 14.7. The van der Waals surface area contributed by atoms with Crippen molar-refractivity contribution in [1.29, 1.82) is 0 Å². The number of fused-ring (bicyclic) bond motifs is 3. The van der Waals surface area contributed by atoms with Crippen LogP contribution in [0.15, 0.2) is 23.3 Å². The third-order valence-corrected chi connectivity index (χ3v) is 3.11. The molecule has 2 aliphatic rings. The predicted molar refractivity (Wildman–Crippen MR) is 66.1 cm³/mol. The lowest BCUT2D eigenvalue weighted by Gasteiger charge is -2.37. The van der Waals surface area contributed by atoms with Crippen molar-refractivity contribution in [2.45, 2.75) is 13.0 Å². The van der Waals surface area contributed by atoms with Gasteiger partial charge in [-0.3, -0.25) is 14.9 Å². The summed E-state index contributed by atoms with van der Waals surface area (Å²) in [5.74, 6) is 0.773. The van der Waals surface area contributed by atoms with E-state index in [0.717, 1.165) is 0 Å². The minimum Gasteiger partial charge on any atom is -0.483 e. The van der Waals surface area contributed by atoms with Crippen LogP contribution >= 0.6 is 0 Å². The molecule has 0 fully saturated rings. The number of rotatable bonds is 1. The molecule has 0 spiro atoms. The summed E-state index contributed by atoms with van der Waals surface area (Å²) >= 11 is 0. The number of benzene rings is 1. The first-order valence-electron chi connectivity index (χ1n) is 5.65. The lowest BCUT2D eigenvalue weighted by molar-refractivity contribution is -0.384. The molecule has 3 rings (SSSR count). The Morgan fingerprint density at radius 1 is 1.58 bits per heavy atom. The van der Waals surface area contributed by atoms with Crippen LogP contribution in [0.2, 0.25) is 0 Å². The van der Waals surface area contributed by atoms with Crippen molar-refractivity contribution in [3.8, 4) is 5.75 Å². The van der Waals surface area contributed by atoms with E-state index in [1.54, 1.807) is 11.8 Å². The molecule has 1 aromatic carbocycles. The number of carbonyl (C=O) groups is 1. The van der Waals surface area contributed by atoms with Gasteiger partial charge in [0.15, 0.2) is 5.84 Å². The maximum absolute atomic E-state index is 11.6. The molecule has 0 bridgehead atoms. The number of nitrogens with one attached hydrogen (secondary N) is 1. The summed E-state index contributed by atoms with van der Waals surface area (Å²) < 4.78 is 5.46. The number of nitrogens with zero attached hydrogens (tertiary/aromatic N) is 3. The van der Waals surface area contributed by atoms with Crippen LogP contribution in [0.4, 0.5) is 11.4 Å². The Morgan fingerprint density at radius 3 is 3.11 bits per heavy atom. The topological polar surface area (TPSA) is 97.1 Å². The number of hydrazone groups is 1. The lowest BCUT2D eigenvalue weighted by Crippen LogP contribution is -2.55. The highest BCUT2D eigenvalue weighted by Crippen LogP contribution is 2.37. The van der Waals surface area contributed by atoms with E-state index in [1.165, 1.54) is 18.2 Å². The van der Waals surface area contributed by atoms with E-state index >= 15 is 0 Å². The molecule has 2 heterocycles. The number of hydrogen-bond acceptors (Lipinski definition) is 6. The zero-order chi connectivity index (χ0) is 13.6. The van der Waals surface area contributed by atoms with Crippen LogP contribution in [0.5, 0.6) is 5.75 Å². The van der Waals surface area contributed by atoms with Gasteiger partial charge in [0.05, 0.1) is 10.6 Å². The van der Waals surface area contributed by atoms with E-state index in [9.17, 15) is 14.9 Å². The Balaban J connectivity index is 2.13. The van der Waals surface area contributed by atoms with Crippen molar-refractivity contribution < 1.29 is 14.5 Å². The van der Waals surface area contributed by atoms with Crippen LogP contribution in [0.3, 0.4) is 0 Å². The molecule has 0 aliphatic carbocycles. The average Bonchev–Trinajstić information content (AvgIpc) is 2.41. The number of amidine groups is 1. The lowest BCUT2D eigenvalue weighted by atomic mass is 10.1. The maximum atomic E-state index is 11.6. The molecule has 0 aromatic heterocycles. The molecule has 19 heavy (non-hydrogen) atoms. The summed E-state index contributed by atoms with van der Waals surface area (Å²) in [4.78, 5) is 23.6. The van der Waals surface area contributed by atoms with E-state index in [0.29, 0.717) is 17.3 Å². The van der Waals surface area contributed by atoms with Crippen LogP contribution in [0.25, 0.3) is 0 Å². The number of nitro benzene ring substituents is 1. The summed E-state index contributed by atoms with van der Waals surface area (Å²) in [7, 11) is 0. The highest BCUT2D eigenvalue weighted by atomic mass is 16.6. The Bertz CT molecular complexity index is 613. The van der Waals surface area contributed by atoms with Crippen LogP contribution in [0, 0.1) is 10.1 Å². The predicted octanol–water partition coefficient (Wildman–Crippen LogP) is 0.625. The van der Waals surface area contributed by atoms with Crippen LogP contribution in [-0.4, -0.2) is 29.3 Å². The van der Waals surface area contributed by atoms with Crippen molar-refractivity contribution in [2.24, 2.45) is 5.10 Å². The molecule has 8 nitrogen and oxygen atoms in total. The normalized spacial score (nSPS) is 20.7. The fourth-order valence-corrected chi connectivity index (χ4v) is 2.13. The van der Waals surface area contributed by atoms with Crippen LogP contribution in [-0.2, 0) is 4.79 Å². The van der Waals surface area contributed by atoms with Crippen molar-refractivity contribution in [2.75, 3.05) is 11.5 Å². The first-order valence-corrected chi connectivity index (χ1v) is 5.65. The van der Waals surface area contributed by atoms with Gasteiger partial charge in [-0.2, -0.15) is 5.10 Å². The summed E-state index contributed by atoms with van der Waals surface area (Å²) in [6.07, 6.45) is 0. The molecule has 8 heteroatoms. The molecule has 2 aliphatic heterocycles. The number of non-ortho nitro benzene ring substituents is 1. The number of anilines is 1. The second-order valence-electron chi connectivity index (χ2n) is 4.25. The molecular formula is C11H10N4O4. The average molecular weight is 262 g/mol. The number of amides is 1. The van der Waals surface area contributed by atoms with Gasteiger partial charge in [-0.15, -0.1) is 0 Å². The van der Waals surface area contributed by atoms with Gasteiger partial charge in [0.25, 0.3) is 11.6 Å². The number of carbonyl (C=O) groups excluding carboxylic acids is 1. The Morgan fingerprint density at radius 2 is 2.37 bits per heavy atom. The molecule has 0 saturated heterocycles. The van der Waals surface area contributed by atoms with Gasteiger partial charge in [0, 0.05) is 12.1 Å². The Kier molecular flexibility index (Phi) is 2.37. The number of hydrogen-bond donors (Lipinski definition) is 1. The Labute approximate surface area is 107 Å². The quantitative estimate of drug-likeness (QED) is 0.591. The summed E-state index contributed by atoms with van der Waals surface area (Å²) in [6, 6.07) is 3.80. The highest BCUT2D eigenvalue weighted by molar-refractivity contribution is 6.09. The highest BCUT2D eigenvalue weighted by Gasteiger charge is 2.35. The largest absolute Gasteiger partial charge is 0.483 e. The van der Waals surface area contributed by atoms with Crippen LogP contribution < -0.4 is 15.1 Å². The second kappa shape index (κ2) is 3.94. The number of ether oxygens (including phenoxy) is 1. The smallest absolute Gasteiger partial charge is 0.271 e. The Hall–Kier alpha value is -2.64. The SMILES string of the molecule is CC1C(=O)NN=C2COc3ccc([N+](=O)[O-])cc3N21. The van der Waals surface area contributed by atoms with Gasteiger partial charge in [-0.05, 0) is 13.0 Å². The van der Waals surface area contributed by atoms with Crippen molar-refractivity contribution >= 4 is 23.1 Å². The molecule has 1 amide bonds. The molecule has 1 unspecified atom stereocenters. The van der Waals surface area contributed by atoms with Gasteiger partial charge < -0.3 is 9.64 Å². The molecule has 0 radical (unpaired) electrons. The minimum atomic E-state index is -0.489. The fraction of sp³-hybridized carbons (Fsp3) is 0.273. The van der Waals surface area contributed by atoms with Gasteiger partial charge in [-0.25, -0.2) is 5.43 Å². The second-order valence-corrected chi connectivity index (χ2v) is 4.25. The van der Waals surface area contributed by atoms with Crippen molar-refractivity contribution in [3.05, 3.63) is 28.3 Å². The van der Waals surface area contributed by atoms with E-state index < -0.39 is 11.0 Å². The number of nitro groups is 1. The van der Waals surface area contributed by atoms with Crippen LogP contribution in [0.1, 0.15) is 6.92 Å². The molecule has 1 N–H and O–H groups in total. The molecular weight excluding hydrogens is 252 g/mol. The van der Waals surface area contributed by atoms with Gasteiger partial charge in [0.1, 0.15) is 18.4 Å². The minimum absolute atomic E-state index is 0.0539. The molecule has 1 atom stereocenters. The first-order chi connectivity index (χ1) is 9.08. The zero-order valence-corrected chi connectivity index (χ0v) is 9.99. The van der Waals surface area contributed by atoms with E-state index in [2.05, 4.69) is 10.5 Å². The van der Waals surface area contributed by atoms with E-state index in [-0.39, 0.29) is 18.2 Å².